The highest BCUT2D eigenvalue weighted by molar-refractivity contribution is 7.80. The number of hydrogen-bond donors (Lipinski definition) is 4. The van der Waals surface area contributed by atoms with Crippen molar-refractivity contribution < 1.29 is 30.4 Å². The molecule has 13 heteroatoms. The van der Waals surface area contributed by atoms with Gasteiger partial charge in [0.25, 0.3) is 0 Å². The minimum Gasteiger partial charge on any atom is -0.508 e. The Morgan fingerprint density at radius 1 is 0.943 bits per heavy atom. The fourth-order valence-corrected chi connectivity index (χ4v) is 6.73. The third kappa shape index (κ3) is 9.45. The zero-order chi connectivity index (χ0) is 35.9. The molecule has 278 valence electrons. The molecular weight excluding hydrogens is 693 g/mol. The van der Waals surface area contributed by atoms with Crippen LogP contribution in [0.5, 0.6) is 5.75 Å². The molecule has 2 aliphatic rings. The van der Waals surface area contributed by atoms with E-state index in [0.717, 1.165) is 32.5 Å². The second kappa shape index (κ2) is 18.2. The van der Waals surface area contributed by atoms with Gasteiger partial charge in [0, 0.05) is 37.1 Å². The molecule has 7 rings (SSSR count). The van der Waals surface area contributed by atoms with E-state index >= 15 is 0 Å². The summed E-state index contributed by atoms with van der Waals surface area (Å²) in [6.07, 6.45) is 3.03. The summed E-state index contributed by atoms with van der Waals surface area (Å²) in [4.78, 5) is 49.4. The number of hydrazine groups is 1. The predicted octanol–water partition coefficient (Wildman–Crippen LogP) is 4.24. The first-order chi connectivity index (χ1) is 24.7. The van der Waals surface area contributed by atoms with Gasteiger partial charge in [-0.1, -0.05) is 84.4 Å². The molecule has 2 fully saturated rings. The first-order valence-electron chi connectivity index (χ1n) is 16.9. The maximum atomic E-state index is 14.2. The van der Waals surface area contributed by atoms with Crippen molar-refractivity contribution in [3.05, 3.63) is 144 Å². The zero-order valence-electron chi connectivity index (χ0n) is 29.5. The van der Waals surface area contributed by atoms with Gasteiger partial charge >= 0.3 is 6.03 Å². The third-order valence-electron chi connectivity index (χ3n) is 9.10. The van der Waals surface area contributed by atoms with Crippen LogP contribution in [0.15, 0.2) is 127 Å². The first kappa shape index (κ1) is 40.2. The standard InChI is InChI=1S/C33H34N6O4.C7H8S.2H2O/c1-2-17-37-22-30(41)38-28(18-23-11-13-27(40)14-12-23)32(42)36(20-26-10-6-9-25-15-16-34-31(25)26)21-29(38)39(37)33(43)35-19-24-7-4-3-5-8-24;1-6-2-4-7(8)5-3-6;;/h2-16,28-29,34,40H,1,17-22H2,(H,35,43);2-5,8H,1H3;2*1H2/t28-,29-;;;/m0.../s1. The Morgan fingerprint density at radius 3 is 2.34 bits per heavy atom. The number of phenols is 1. The van der Waals surface area contributed by atoms with E-state index in [-0.39, 0.29) is 60.6 Å². The van der Waals surface area contributed by atoms with Crippen LogP contribution in [0.4, 0.5) is 4.79 Å². The molecule has 0 saturated carbocycles. The van der Waals surface area contributed by atoms with Crippen molar-refractivity contribution in [1.29, 1.82) is 0 Å². The SMILES string of the molecule is C=CCN1CC(=O)N2[C@@H](Cc3ccc(O)cc3)C(=O)N(Cc3cccc4cc[nH]c34)C[C@@H]2N1C(=O)NCc1ccccc1.Cc1ccc(S)cc1.O.O. The Bertz CT molecular complexity index is 1970. The van der Waals surface area contributed by atoms with E-state index in [1.165, 1.54) is 5.56 Å². The summed E-state index contributed by atoms with van der Waals surface area (Å²) in [5, 5.41) is 17.1. The van der Waals surface area contributed by atoms with Gasteiger partial charge in [0.1, 0.15) is 18.0 Å². The topological polar surface area (TPSA) is 175 Å². The second-order valence-electron chi connectivity index (χ2n) is 12.7. The van der Waals surface area contributed by atoms with Gasteiger partial charge in [-0.2, -0.15) is 0 Å². The van der Waals surface area contributed by atoms with Gasteiger partial charge in [0.2, 0.25) is 11.8 Å². The van der Waals surface area contributed by atoms with Crippen molar-refractivity contribution in [1.82, 2.24) is 30.1 Å². The number of aromatic amines is 1. The van der Waals surface area contributed by atoms with Gasteiger partial charge < -0.3 is 36.2 Å². The quantitative estimate of drug-likeness (QED) is 0.137. The van der Waals surface area contributed by atoms with Crippen LogP contribution in [0.25, 0.3) is 10.9 Å². The molecule has 4 amide bonds. The number of thiol groups is 1. The van der Waals surface area contributed by atoms with Crippen molar-refractivity contribution in [3.8, 4) is 5.75 Å². The number of piperazine rings is 1. The molecule has 0 aliphatic carbocycles. The number of nitrogens with zero attached hydrogens (tertiary/aromatic N) is 4. The maximum Gasteiger partial charge on any atom is 0.334 e. The van der Waals surface area contributed by atoms with Crippen LogP contribution in [0.1, 0.15) is 22.3 Å². The van der Waals surface area contributed by atoms with Gasteiger partial charge in [-0.3, -0.25) is 9.59 Å². The molecule has 0 unspecified atom stereocenters. The Morgan fingerprint density at radius 2 is 1.66 bits per heavy atom. The number of aromatic hydroxyl groups is 1. The minimum absolute atomic E-state index is 0. The molecule has 3 heterocycles. The molecule has 1 aromatic heterocycles. The normalized spacial score (nSPS) is 16.8. The molecule has 2 aliphatic heterocycles. The van der Waals surface area contributed by atoms with E-state index in [2.05, 4.69) is 36.4 Å². The van der Waals surface area contributed by atoms with E-state index in [0.29, 0.717) is 13.1 Å². The largest absolute Gasteiger partial charge is 0.508 e. The van der Waals surface area contributed by atoms with Crippen molar-refractivity contribution in [3.63, 3.8) is 0 Å². The van der Waals surface area contributed by atoms with Gasteiger partial charge in [-0.15, -0.1) is 19.2 Å². The maximum absolute atomic E-state index is 14.2. The monoisotopic (exact) mass is 738 g/mol. The number of para-hydroxylation sites is 1. The molecular formula is C40H46N6O6S. The lowest BCUT2D eigenvalue weighted by molar-refractivity contribution is -0.189. The molecule has 7 N–H and O–H groups in total. The lowest BCUT2D eigenvalue weighted by atomic mass is 9.98. The summed E-state index contributed by atoms with van der Waals surface area (Å²) >= 11 is 4.13. The number of phenolic OH excluding ortho intramolecular Hbond substituents is 1. The van der Waals surface area contributed by atoms with Crippen LogP contribution in [-0.4, -0.2) is 90.5 Å². The second-order valence-corrected chi connectivity index (χ2v) is 13.2. The summed E-state index contributed by atoms with van der Waals surface area (Å²) in [7, 11) is 0. The molecule has 0 bridgehead atoms. The highest BCUT2D eigenvalue weighted by Crippen LogP contribution is 2.30. The molecule has 4 aromatic carbocycles. The van der Waals surface area contributed by atoms with Gasteiger partial charge in [-0.05, 0) is 59.3 Å². The number of hydrogen-bond acceptors (Lipinski definition) is 6. The number of nitrogens with one attached hydrogen (secondary N) is 2. The molecule has 53 heavy (non-hydrogen) atoms. The zero-order valence-corrected chi connectivity index (χ0v) is 30.4. The number of aromatic nitrogens is 1. The Kier molecular flexibility index (Phi) is 13.8. The van der Waals surface area contributed by atoms with Crippen LogP contribution in [0.3, 0.4) is 0 Å². The van der Waals surface area contributed by atoms with Gasteiger partial charge in [0.15, 0.2) is 0 Å². The molecule has 12 nitrogen and oxygen atoms in total. The fourth-order valence-electron chi connectivity index (χ4n) is 6.59. The van der Waals surface area contributed by atoms with Crippen LogP contribution in [0.2, 0.25) is 0 Å². The van der Waals surface area contributed by atoms with Crippen molar-refractivity contribution in [2.24, 2.45) is 0 Å². The highest BCUT2D eigenvalue weighted by atomic mass is 32.1. The van der Waals surface area contributed by atoms with Crippen LogP contribution < -0.4 is 5.32 Å². The number of amides is 4. The highest BCUT2D eigenvalue weighted by Gasteiger charge is 2.51. The molecule has 0 radical (unpaired) electrons. The van der Waals surface area contributed by atoms with Crippen molar-refractivity contribution in [2.45, 2.75) is 43.5 Å². The van der Waals surface area contributed by atoms with Crippen molar-refractivity contribution in [2.75, 3.05) is 19.6 Å². The Balaban J connectivity index is 0.000000558. The van der Waals surface area contributed by atoms with E-state index < -0.39 is 12.2 Å². The number of carbonyl (C=O) groups is 3. The number of aryl methyl sites for hydroxylation is 1. The number of rotatable bonds is 8. The van der Waals surface area contributed by atoms with Gasteiger partial charge in [0.05, 0.1) is 18.6 Å². The summed E-state index contributed by atoms with van der Waals surface area (Å²) in [5.41, 5.74) is 4.91. The van der Waals surface area contributed by atoms with E-state index in [1.54, 1.807) is 50.2 Å². The number of fused-ring (bicyclic) bond motifs is 2. The predicted molar refractivity (Wildman–Crippen MR) is 208 cm³/mol. The Hall–Kier alpha value is -5.60. The number of H-pyrrole nitrogens is 1. The summed E-state index contributed by atoms with van der Waals surface area (Å²) < 4.78 is 0. The van der Waals surface area contributed by atoms with Gasteiger partial charge in [-0.25, -0.2) is 14.8 Å². The van der Waals surface area contributed by atoms with E-state index in [1.807, 2.05) is 85.1 Å². The number of urea groups is 1. The minimum atomic E-state index is -0.839. The molecule has 0 spiro atoms. The number of benzene rings is 4. The smallest absolute Gasteiger partial charge is 0.334 e. The third-order valence-corrected chi connectivity index (χ3v) is 9.40. The number of carbonyl (C=O) groups excluding carboxylic acids is 3. The summed E-state index contributed by atoms with van der Waals surface area (Å²) in [5.74, 6) is -0.307. The lowest BCUT2D eigenvalue weighted by Crippen LogP contribution is -2.76. The van der Waals surface area contributed by atoms with Crippen LogP contribution in [-0.2, 0) is 29.1 Å². The van der Waals surface area contributed by atoms with E-state index in [9.17, 15) is 19.5 Å². The van der Waals surface area contributed by atoms with Crippen LogP contribution in [0, 0.1) is 6.92 Å². The average molecular weight is 739 g/mol. The summed E-state index contributed by atoms with van der Waals surface area (Å²) in [6, 6.07) is 31.0. The molecule has 5 aromatic rings. The summed E-state index contributed by atoms with van der Waals surface area (Å²) in [6.45, 7) is 6.88. The Labute approximate surface area is 314 Å². The average Bonchev–Trinajstić information content (AvgIpc) is 3.62. The van der Waals surface area contributed by atoms with Crippen molar-refractivity contribution >= 4 is 41.4 Å². The fraction of sp³-hybridized carbons (Fsp3) is 0.225. The lowest BCUT2D eigenvalue weighted by Gasteiger charge is -2.55. The molecule has 2 atom stereocenters. The molecule has 2 saturated heterocycles. The van der Waals surface area contributed by atoms with Crippen LogP contribution >= 0.6 is 12.6 Å². The first-order valence-corrected chi connectivity index (χ1v) is 17.3. The van der Waals surface area contributed by atoms with E-state index in [4.69, 9.17) is 0 Å².